The summed E-state index contributed by atoms with van der Waals surface area (Å²) < 4.78 is 10.9. The van der Waals surface area contributed by atoms with E-state index in [2.05, 4.69) is 11.5 Å². The Kier molecular flexibility index (Phi) is 8.00. The number of ketones is 1. The number of nitrogens with zero attached hydrogens (tertiary/aromatic N) is 2. The maximum atomic E-state index is 13.3. The number of amides is 1. The second-order valence-electron chi connectivity index (χ2n) is 8.81. The van der Waals surface area contributed by atoms with Crippen LogP contribution in [0, 0.1) is 0 Å². The number of aliphatic hydroxyl groups is 1. The van der Waals surface area contributed by atoms with Gasteiger partial charge in [0.1, 0.15) is 18.1 Å². The summed E-state index contributed by atoms with van der Waals surface area (Å²) in [5.41, 5.74) is 1.61. The lowest BCUT2D eigenvalue weighted by molar-refractivity contribution is -0.140. The van der Waals surface area contributed by atoms with Crippen LogP contribution in [-0.2, 0) is 14.3 Å². The van der Waals surface area contributed by atoms with Crippen LogP contribution >= 0.6 is 0 Å². The largest absolute Gasteiger partial charge is 0.507 e. The predicted octanol–water partition coefficient (Wildman–Crippen LogP) is 3.44. The Morgan fingerprint density at radius 1 is 1.11 bits per heavy atom. The molecule has 2 aromatic carbocycles. The minimum atomic E-state index is -0.649. The first-order valence-electron chi connectivity index (χ1n) is 12.0. The molecule has 2 saturated heterocycles. The van der Waals surface area contributed by atoms with Gasteiger partial charge in [-0.05, 0) is 29.8 Å². The molecule has 7 heteroatoms. The Balaban J connectivity index is 1.68. The fourth-order valence-corrected chi connectivity index (χ4v) is 4.70. The Morgan fingerprint density at radius 2 is 1.80 bits per heavy atom. The lowest BCUT2D eigenvalue weighted by Gasteiger charge is -2.33. The minimum absolute atomic E-state index is 0.146. The minimum Gasteiger partial charge on any atom is -0.507 e. The first-order valence-corrected chi connectivity index (χ1v) is 12.0. The summed E-state index contributed by atoms with van der Waals surface area (Å²) in [6.45, 7) is 9.95. The van der Waals surface area contributed by atoms with Crippen molar-refractivity contribution in [3.8, 4) is 5.75 Å². The molecule has 0 aromatic heterocycles. The van der Waals surface area contributed by atoms with Crippen molar-refractivity contribution in [2.45, 2.75) is 18.9 Å². The summed E-state index contributed by atoms with van der Waals surface area (Å²) in [7, 11) is 0. The zero-order chi connectivity index (χ0) is 24.8. The van der Waals surface area contributed by atoms with Gasteiger partial charge in [-0.2, -0.15) is 0 Å². The summed E-state index contributed by atoms with van der Waals surface area (Å²) in [5, 5.41) is 11.3. The van der Waals surface area contributed by atoms with Gasteiger partial charge in [-0.25, -0.2) is 0 Å². The van der Waals surface area contributed by atoms with Gasteiger partial charge in [0.05, 0.1) is 24.8 Å². The molecule has 0 saturated carbocycles. The van der Waals surface area contributed by atoms with Crippen LogP contribution in [0.3, 0.4) is 0 Å². The highest BCUT2D eigenvalue weighted by atomic mass is 16.5. The van der Waals surface area contributed by atoms with Crippen LogP contribution in [-0.4, -0.2) is 78.6 Å². The van der Waals surface area contributed by atoms with Crippen molar-refractivity contribution in [2.75, 3.05) is 46.0 Å². The smallest absolute Gasteiger partial charge is 0.295 e. The van der Waals surface area contributed by atoms with Crippen molar-refractivity contribution < 1.29 is 24.2 Å². The number of Topliss-reactive ketones (excluding diaryl/α,β-unsaturated/α-hetero) is 1. The third kappa shape index (κ3) is 5.47. The van der Waals surface area contributed by atoms with E-state index < -0.39 is 17.7 Å². The molecule has 2 fully saturated rings. The van der Waals surface area contributed by atoms with Crippen molar-refractivity contribution in [1.29, 1.82) is 0 Å². The summed E-state index contributed by atoms with van der Waals surface area (Å²) in [5.74, 6) is -0.951. The molecule has 1 N–H and O–H groups in total. The Morgan fingerprint density at radius 3 is 2.46 bits per heavy atom. The molecule has 7 nitrogen and oxygen atoms in total. The molecule has 0 aliphatic carbocycles. The number of aliphatic hydroxyl groups excluding tert-OH is 1. The number of hydrogen-bond acceptors (Lipinski definition) is 6. The summed E-state index contributed by atoms with van der Waals surface area (Å²) in [6, 6.07) is 16.0. The Hall–Kier alpha value is -3.42. The van der Waals surface area contributed by atoms with Gasteiger partial charge in [0, 0.05) is 37.7 Å². The van der Waals surface area contributed by atoms with Crippen molar-refractivity contribution in [3.05, 3.63) is 84.0 Å². The highest BCUT2D eigenvalue weighted by Gasteiger charge is 2.47. The van der Waals surface area contributed by atoms with Crippen LogP contribution in [0.15, 0.2) is 72.8 Å². The van der Waals surface area contributed by atoms with E-state index in [1.54, 1.807) is 35.2 Å². The maximum Gasteiger partial charge on any atom is 0.295 e. The first kappa shape index (κ1) is 24.7. The zero-order valence-electron chi connectivity index (χ0n) is 20.1. The monoisotopic (exact) mass is 476 g/mol. The molecule has 4 rings (SSSR count). The highest BCUT2D eigenvalue weighted by molar-refractivity contribution is 6.46. The van der Waals surface area contributed by atoms with Crippen LogP contribution < -0.4 is 4.74 Å². The Labute approximate surface area is 206 Å². The summed E-state index contributed by atoms with van der Waals surface area (Å²) >= 11 is 0. The number of carbonyl (C=O) groups is 2. The fraction of sp³-hybridized carbons (Fsp3) is 0.357. The number of hydrogen-bond donors (Lipinski definition) is 1. The molecular formula is C28H32N2O5. The molecule has 2 aliphatic rings. The van der Waals surface area contributed by atoms with Gasteiger partial charge >= 0.3 is 0 Å². The van der Waals surface area contributed by atoms with E-state index in [4.69, 9.17) is 9.47 Å². The van der Waals surface area contributed by atoms with Gasteiger partial charge in [0.25, 0.3) is 11.7 Å². The molecule has 2 heterocycles. The van der Waals surface area contributed by atoms with Gasteiger partial charge in [0.2, 0.25) is 0 Å². The van der Waals surface area contributed by atoms with E-state index in [9.17, 15) is 14.7 Å². The molecule has 1 amide bonds. The van der Waals surface area contributed by atoms with E-state index in [0.29, 0.717) is 44.2 Å². The van der Waals surface area contributed by atoms with E-state index in [0.717, 1.165) is 18.7 Å². The van der Waals surface area contributed by atoms with Gasteiger partial charge < -0.3 is 19.5 Å². The first-order chi connectivity index (χ1) is 17.0. The molecule has 35 heavy (non-hydrogen) atoms. The highest BCUT2D eigenvalue weighted by Crippen LogP contribution is 2.37. The molecule has 2 aromatic rings. The number of likely N-dealkylation sites (tertiary alicyclic amines) is 1. The molecule has 2 aliphatic heterocycles. The van der Waals surface area contributed by atoms with Crippen LogP contribution in [0.4, 0.5) is 0 Å². The lowest BCUT2D eigenvalue weighted by Crippen LogP contribution is -2.45. The Bertz CT molecular complexity index is 1070. The van der Waals surface area contributed by atoms with Gasteiger partial charge in [-0.1, -0.05) is 49.9 Å². The SMILES string of the molecule is C=CCOc1ccc(/C(O)=C2\C(=O)C(=O)N(CCN3CCOCC3)C2C(C)c2ccccc2)cc1. The van der Waals surface area contributed by atoms with E-state index >= 15 is 0 Å². The van der Waals surface area contributed by atoms with Gasteiger partial charge in [0.15, 0.2) is 0 Å². The normalized spacial score (nSPS) is 21.2. The number of carbonyl (C=O) groups excluding carboxylic acids is 2. The van der Waals surface area contributed by atoms with Gasteiger partial charge in [-0.15, -0.1) is 0 Å². The molecular weight excluding hydrogens is 444 g/mol. The molecule has 0 spiro atoms. The van der Waals surface area contributed by atoms with E-state index in [-0.39, 0.29) is 17.3 Å². The topological polar surface area (TPSA) is 79.3 Å². The quantitative estimate of drug-likeness (QED) is 0.259. The van der Waals surface area contributed by atoms with Crippen LogP contribution in [0.5, 0.6) is 5.75 Å². The van der Waals surface area contributed by atoms with Crippen molar-refractivity contribution in [1.82, 2.24) is 9.80 Å². The average Bonchev–Trinajstić information content (AvgIpc) is 3.16. The lowest BCUT2D eigenvalue weighted by atomic mass is 9.87. The average molecular weight is 477 g/mol. The zero-order valence-corrected chi connectivity index (χ0v) is 20.1. The predicted molar refractivity (Wildman–Crippen MR) is 134 cm³/mol. The fourth-order valence-electron chi connectivity index (χ4n) is 4.70. The number of ether oxygens (including phenoxy) is 2. The molecule has 184 valence electrons. The second kappa shape index (κ2) is 11.3. The molecule has 0 radical (unpaired) electrons. The van der Waals surface area contributed by atoms with E-state index in [1.165, 1.54) is 0 Å². The van der Waals surface area contributed by atoms with Crippen molar-refractivity contribution in [3.63, 3.8) is 0 Å². The molecule has 0 bridgehead atoms. The number of rotatable bonds is 9. The van der Waals surface area contributed by atoms with Crippen LogP contribution in [0.1, 0.15) is 24.0 Å². The van der Waals surface area contributed by atoms with Gasteiger partial charge in [-0.3, -0.25) is 14.5 Å². The maximum absolute atomic E-state index is 13.3. The third-order valence-corrected chi connectivity index (χ3v) is 6.64. The molecule has 2 unspecified atom stereocenters. The third-order valence-electron chi connectivity index (χ3n) is 6.64. The molecule has 2 atom stereocenters. The standard InChI is InChI=1S/C28H32N2O5/c1-3-17-35-23-11-9-22(10-12-23)26(31)24-25(20(2)21-7-5-4-6-8-21)30(28(33)27(24)32)14-13-29-15-18-34-19-16-29/h3-12,20,25,31H,1,13-19H2,2H3/b26-24+. The van der Waals surface area contributed by atoms with Crippen LogP contribution in [0.25, 0.3) is 5.76 Å². The van der Waals surface area contributed by atoms with Crippen LogP contribution in [0.2, 0.25) is 0 Å². The van der Waals surface area contributed by atoms with E-state index in [1.807, 2.05) is 37.3 Å². The number of benzene rings is 2. The van der Waals surface area contributed by atoms with Crippen molar-refractivity contribution >= 4 is 17.4 Å². The number of morpholine rings is 1. The summed E-state index contributed by atoms with van der Waals surface area (Å²) in [6.07, 6.45) is 1.65. The van der Waals surface area contributed by atoms with Crippen molar-refractivity contribution in [2.24, 2.45) is 0 Å². The second-order valence-corrected chi connectivity index (χ2v) is 8.81. The summed E-state index contributed by atoms with van der Waals surface area (Å²) in [4.78, 5) is 30.3.